The first kappa shape index (κ1) is 21.0. The number of hydrogen-bond donors (Lipinski definition) is 3. The van der Waals surface area contributed by atoms with Gasteiger partial charge in [0.05, 0.1) is 12.3 Å². The van der Waals surface area contributed by atoms with E-state index in [2.05, 4.69) is 29.5 Å². The molecule has 0 heterocycles. The molecule has 0 unspecified atom stereocenters. The second kappa shape index (κ2) is 10.8. The molecular weight excluding hydrogens is 356 g/mol. The number of oxime groups is 1. The summed E-state index contributed by atoms with van der Waals surface area (Å²) in [6.45, 7) is 2.32. The van der Waals surface area contributed by atoms with E-state index in [0.29, 0.717) is 30.5 Å². The predicted molar refractivity (Wildman–Crippen MR) is 111 cm³/mol. The van der Waals surface area contributed by atoms with Gasteiger partial charge in [0, 0.05) is 5.56 Å². The highest BCUT2D eigenvalue weighted by Crippen LogP contribution is 2.23. The summed E-state index contributed by atoms with van der Waals surface area (Å²) in [6.07, 6.45) is 3.05. The molecule has 0 fully saturated rings. The molecule has 0 spiro atoms. The number of aryl methyl sites for hydroxylation is 1. The van der Waals surface area contributed by atoms with Crippen molar-refractivity contribution in [2.75, 3.05) is 13.7 Å². The van der Waals surface area contributed by atoms with Crippen LogP contribution < -0.4 is 5.32 Å². The molecule has 0 aliphatic carbocycles. The maximum absolute atomic E-state index is 12.4. The average Bonchev–Trinajstić information content (AvgIpc) is 2.69. The van der Waals surface area contributed by atoms with Crippen LogP contribution in [0, 0.1) is 6.92 Å². The molecule has 0 atom stereocenters. The van der Waals surface area contributed by atoms with E-state index in [1.165, 1.54) is 18.7 Å². The van der Waals surface area contributed by atoms with Crippen molar-refractivity contribution >= 4 is 11.6 Å². The van der Waals surface area contributed by atoms with E-state index in [0.717, 1.165) is 11.1 Å². The van der Waals surface area contributed by atoms with Crippen molar-refractivity contribution in [2.45, 2.75) is 26.2 Å². The third-order valence-electron chi connectivity index (χ3n) is 4.27. The van der Waals surface area contributed by atoms with Crippen LogP contribution in [0.15, 0.2) is 65.7 Å². The molecule has 28 heavy (non-hydrogen) atoms. The molecule has 0 saturated heterocycles. The van der Waals surface area contributed by atoms with Crippen LogP contribution in [0.5, 0.6) is 0 Å². The Morgan fingerprint density at radius 1 is 1.14 bits per heavy atom. The Labute approximate surface area is 165 Å². The van der Waals surface area contributed by atoms with Crippen molar-refractivity contribution in [3.05, 3.63) is 71.7 Å². The van der Waals surface area contributed by atoms with Gasteiger partial charge in [0.2, 0.25) is 0 Å². The molecule has 0 bridgehead atoms. The summed E-state index contributed by atoms with van der Waals surface area (Å²) < 4.78 is 0. The summed E-state index contributed by atoms with van der Waals surface area (Å²) in [6, 6.07) is 15.6. The molecule has 0 radical (unpaired) electrons. The Morgan fingerprint density at radius 2 is 1.86 bits per heavy atom. The fourth-order valence-corrected chi connectivity index (χ4v) is 2.82. The lowest BCUT2D eigenvalue weighted by atomic mass is 9.99. The van der Waals surface area contributed by atoms with Crippen molar-refractivity contribution in [2.24, 2.45) is 5.16 Å². The number of carbonyl (C=O) groups is 1. The maximum atomic E-state index is 12.4. The molecule has 0 saturated carbocycles. The van der Waals surface area contributed by atoms with E-state index in [-0.39, 0.29) is 12.5 Å². The first-order valence-corrected chi connectivity index (χ1v) is 9.12. The fraction of sp³-hybridized carbons (Fsp3) is 0.273. The summed E-state index contributed by atoms with van der Waals surface area (Å²) in [5.74, 6) is -0.874. The van der Waals surface area contributed by atoms with Gasteiger partial charge in [-0.3, -0.25) is 4.79 Å². The van der Waals surface area contributed by atoms with E-state index < -0.39 is 5.95 Å². The Kier molecular flexibility index (Phi) is 8.09. The minimum atomic E-state index is -0.687. The van der Waals surface area contributed by atoms with Gasteiger partial charge in [-0.25, -0.2) is 0 Å². The van der Waals surface area contributed by atoms with Crippen LogP contribution in [0.1, 0.15) is 35.2 Å². The minimum absolute atomic E-state index is 0.187. The lowest BCUT2D eigenvalue weighted by Gasteiger charge is -2.09. The standard InChI is InChI=1S/C22H26N2O4/c1-16-7-3-5-9-20(16)17-11-13-18(14-12-17)22(27)23-15-19(24-28-2)8-4-6-10-21(25)26/h3,5,7,9-14,25-26H,4,6,8,15H2,1-2H3,(H,23,27)/b24-19+. The topological polar surface area (TPSA) is 91.2 Å². The Morgan fingerprint density at radius 3 is 2.50 bits per heavy atom. The van der Waals surface area contributed by atoms with Gasteiger partial charge in [-0.2, -0.15) is 0 Å². The highest BCUT2D eigenvalue weighted by atomic mass is 16.6. The molecule has 6 heteroatoms. The van der Waals surface area contributed by atoms with Crippen molar-refractivity contribution in [3.8, 4) is 11.1 Å². The van der Waals surface area contributed by atoms with E-state index in [1.807, 2.05) is 24.3 Å². The molecule has 0 aromatic heterocycles. The number of nitrogens with one attached hydrogen (secondary N) is 1. The van der Waals surface area contributed by atoms with Crippen molar-refractivity contribution in [3.63, 3.8) is 0 Å². The highest BCUT2D eigenvalue weighted by molar-refractivity contribution is 5.98. The van der Waals surface area contributed by atoms with Crippen LogP contribution in [0.4, 0.5) is 0 Å². The predicted octanol–water partition coefficient (Wildman–Crippen LogP) is 4.52. The van der Waals surface area contributed by atoms with Gasteiger partial charge in [0.15, 0.2) is 0 Å². The second-order valence-electron chi connectivity index (χ2n) is 6.37. The lowest BCUT2D eigenvalue weighted by Crippen LogP contribution is -2.29. The molecule has 0 aliphatic heterocycles. The molecule has 0 aliphatic rings. The highest BCUT2D eigenvalue weighted by Gasteiger charge is 2.09. The summed E-state index contributed by atoms with van der Waals surface area (Å²) in [5, 5.41) is 24.2. The number of amides is 1. The van der Waals surface area contributed by atoms with Gasteiger partial charge in [-0.15, -0.1) is 0 Å². The molecule has 148 valence electrons. The zero-order chi connectivity index (χ0) is 20.4. The summed E-state index contributed by atoms with van der Waals surface area (Å²) in [4.78, 5) is 17.2. The second-order valence-corrected chi connectivity index (χ2v) is 6.37. The van der Waals surface area contributed by atoms with Crippen LogP contribution in [0.25, 0.3) is 11.1 Å². The zero-order valence-corrected chi connectivity index (χ0v) is 16.2. The van der Waals surface area contributed by atoms with Gasteiger partial charge in [0.1, 0.15) is 7.11 Å². The number of benzene rings is 2. The SMILES string of the molecule is CO/N=C(\CCCC=C(O)O)CNC(=O)c1ccc(-c2ccccc2C)cc1. The molecule has 2 aromatic carbocycles. The molecule has 2 rings (SSSR count). The molecule has 1 amide bonds. The van der Waals surface area contributed by atoms with Crippen molar-refractivity contribution in [1.82, 2.24) is 5.32 Å². The van der Waals surface area contributed by atoms with Crippen molar-refractivity contribution in [1.29, 1.82) is 0 Å². The number of aliphatic hydroxyl groups excluding tert-OH is 1. The first-order valence-electron chi connectivity index (χ1n) is 9.12. The number of unbranched alkanes of at least 4 members (excludes halogenated alkanes) is 1. The smallest absolute Gasteiger partial charge is 0.269 e. The number of hydrogen-bond acceptors (Lipinski definition) is 5. The summed E-state index contributed by atoms with van der Waals surface area (Å²) in [7, 11) is 1.45. The maximum Gasteiger partial charge on any atom is 0.269 e. The fourth-order valence-electron chi connectivity index (χ4n) is 2.82. The molecular formula is C22H26N2O4. The van der Waals surface area contributed by atoms with Gasteiger partial charge in [-0.1, -0.05) is 41.6 Å². The van der Waals surface area contributed by atoms with Gasteiger partial charge >= 0.3 is 0 Å². The van der Waals surface area contributed by atoms with E-state index in [9.17, 15) is 4.79 Å². The Balaban J connectivity index is 1.93. The average molecular weight is 382 g/mol. The number of carbonyl (C=O) groups excluding carboxylic acids is 1. The summed E-state index contributed by atoms with van der Waals surface area (Å²) >= 11 is 0. The Bertz CT molecular complexity index is 838. The zero-order valence-electron chi connectivity index (χ0n) is 16.2. The molecule has 3 N–H and O–H groups in total. The monoisotopic (exact) mass is 382 g/mol. The number of allylic oxidation sites excluding steroid dienone is 1. The largest absolute Gasteiger partial charge is 0.481 e. The summed E-state index contributed by atoms with van der Waals surface area (Å²) in [5.41, 5.74) is 4.65. The van der Waals surface area contributed by atoms with E-state index in [1.54, 1.807) is 12.1 Å². The molecule has 2 aromatic rings. The van der Waals surface area contributed by atoms with Gasteiger partial charge < -0.3 is 20.4 Å². The molecule has 6 nitrogen and oxygen atoms in total. The van der Waals surface area contributed by atoms with Crippen LogP contribution in [0.2, 0.25) is 0 Å². The minimum Gasteiger partial charge on any atom is -0.481 e. The first-order chi connectivity index (χ1) is 13.5. The lowest BCUT2D eigenvalue weighted by molar-refractivity contribution is 0.0958. The number of rotatable bonds is 9. The van der Waals surface area contributed by atoms with Gasteiger partial charge in [-0.05, 0) is 61.1 Å². The third-order valence-corrected chi connectivity index (χ3v) is 4.27. The van der Waals surface area contributed by atoms with Crippen LogP contribution in [0.3, 0.4) is 0 Å². The Hall–Kier alpha value is -3.28. The van der Waals surface area contributed by atoms with Crippen LogP contribution in [-0.4, -0.2) is 35.5 Å². The van der Waals surface area contributed by atoms with Crippen molar-refractivity contribution < 1.29 is 19.8 Å². The number of aliphatic hydroxyl groups is 2. The van der Waals surface area contributed by atoms with Gasteiger partial charge in [0.25, 0.3) is 11.9 Å². The van der Waals surface area contributed by atoms with E-state index >= 15 is 0 Å². The van der Waals surface area contributed by atoms with Crippen LogP contribution in [-0.2, 0) is 4.84 Å². The van der Waals surface area contributed by atoms with E-state index in [4.69, 9.17) is 15.1 Å². The quantitative estimate of drug-likeness (QED) is 0.257. The van der Waals surface area contributed by atoms with Crippen LogP contribution >= 0.6 is 0 Å². The number of nitrogens with zero attached hydrogens (tertiary/aromatic N) is 1. The third kappa shape index (κ3) is 6.46. The normalized spacial score (nSPS) is 11.0.